The quantitative estimate of drug-likeness (QED) is 0.195. The molecule has 3 atom stereocenters. The van der Waals surface area contributed by atoms with E-state index in [1.165, 1.54) is 0 Å². The van der Waals surface area contributed by atoms with Crippen LogP contribution in [0.4, 0.5) is 0 Å². The normalized spacial score (nSPS) is 14.4. The Bertz CT molecular complexity index is 367. The monoisotopic (exact) mass is 397 g/mol. The molecule has 0 aromatic carbocycles. The minimum Gasteiger partial charge on any atom is -0.464 e. The van der Waals surface area contributed by atoms with Crippen LogP contribution in [0, 0.1) is 5.92 Å². The fraction of sp³-hybridized carbons (Fsp3) is 0.786. The predicted octanol–water partition coefficient (Wildman–Crippen LogP) is 0.00590. The standard InChI is InChI=1S/C14H24BrNO7/c1-3-22-11(18)8-21-6-5-10(7-15)13(19)12(16-9-17)14(20)23-4-2/h9-10,12-13,19H,3-8H2,1-2H3,(H,16,17). The van der Waals surface area contributed by atoms with E-state index in [4.69, 9.17) is 14.2 Å². The number of ether oxygens (including phenoxy) is 3. The number of esters is 2. The van der Waals surface area contributed by atoms with Crippen molar-refractivity contribution >= 4 is 34.3 Å². The van der Waals surface area contributed by atoms with Crippen LogP contribution in [-0.2, 0) is 28.6 Å². The maximum atomic E-state index is 11.8. The Hall–Kier alpha value is -1.19. The summed E-state index contributed by atoms with van der Waals surface area (Å²) in [5.74, 6) is -1.54. The minimum atomic E-state index is -1.15. The lowest BCUT2D eigenvalue weighted by Crippen LogP contribution is -2.50. The number of hydrogen-bond acceptors (Lipinski definition) is 7. The maximum absolute atomic E-state index is 11.8. The van der Waals surface area contributed by atoms with Crippen molar-refractivity contribution in [3.05, 3.63) is 0 Å². The molecule has 0 saturated heterocycles. The number of carbonyl (C=O) groups excluding carboxylic acids is 3. The van der Waals surface area contributed by atoms with E-state index in [0.717, 1.165) is 0 Å². The first-order valence-electron chi connectivity index (χ1n) is 7.35. The van der Waals surface area contributed by atoms with Gasteiger partial charge in [-0.3, -0.25) is 4.79 Å². The number of halogens is 1. The molecule has 0 heterocycles. The SMILES string of the molecule is CCOC(=O)COCCC(CBr)C(O)C(NC=O)C(=O)OCC. The smallest absolute Gasteiger partial charge is 0.332 e. The van der Waals surface area contributed by atoms with E-state index in [9.17, 15) is 19.5 Å². The van der Waals surface area contributed by atoms with Crippen molar-refractivity contribution in [2.45, 2.75) is 32.4 Å². The molecule has 0 aromatic heterocycles. The first-order chi connectivity index (χ1) is 11.0. The van der Waals surface area contributed by atoms with Gasteiger partial charge >= 0.3 is 11.9 Å². The van der Waals surface area contributed by atoms with E-state index in [0.29, 0.717) is 18.2 Å². The van der Waals surface area contributed by atoms with Crippen molar-refractivity contribution in [3.8, 4) is 0 Å². The zero-order chi connectivity index (χ0) is 17.7. The Balaban J connectivity index is 4.45. The molecular formula is C14H24BrNO7. The van der Waals surface area contributed by atoms with Crippen molar-refractivity contribution in [1.82, 2.24) is 5.32 Å². The van der Waals surface area contributed by atoms with Gasteiger partial charge in [0.05, 0.1) is 19.3 Å². The highest BCUT2D eigenvalue weighted by Gasteiger charge is 2.33. The summed E-state index contributed by atoms with van der Waals surface area (Å²) in [7, 11) is 0. The highest BCUT2D eigenvalue weighted by atomic mass is 79.9. The molecule has 0 aliphatic carbocycles. The first kappa shape index (κ1) is 21.8. The summed E-state index contributed by atoms with van der Waals surface area (Å²) < 4.78 is 14.7. The lowest BCUT2D eigenvalue weighted by Gasteiger charge is -2.27. The summed E-state index contributed by atoms with van der Waals surface area (Å²) >= 11 is 3.25. The van der Waals surface area contributed by atoms with Gasteiger partial charge in [-0.1, -0.05) is 15.9 Å². The molecule has 1 amide bonds. The Morgan fingerprint density at radius 1 is 1.26 bits per heavy atom. The number of carbonyl (C=O) groups is 3. The molecule has 0 aromatic rings. The van der Waals surface area contributed by atoms with E-state index < -0.39 is 24.1 Å². The van der Waals surface area contributed by atoms with Crippen molar-refractivity contribution in [3.63, 3.8) is 0 Å². The van der Waals surface area contributed by atoms with Crippen LogP contribution in [0.2, 0.25) is 0 Å². The Kier molecular flexibility index (Phi) is 12.6. The van der Waals surface area contributed by atoms with Gasteiger partial charge in [-0.2, -0.15) is 0 Å². The third-order valence-electron chi connectivity index (χ3n) is 2.97. The van der Waals surface area contributed by atoms with Crippen LogP contribution in [0.5, 0.6) is 0 Å². The zero-order valence-corrected chi connectivity index (χ0v) is 14.9. The Morgan fingerprint density at radius 3 is 2.43 bits per heavy atom. The number of aliphatic hydroxyl groups excluding tert-OH is 1. The summed E-state index contributed by atoms with van der Waals surface area (Å²) in [4.78, 5) is 33.5. The molecule has 0 fully saturated rings. The van der Waals surface area contributed by atoms with Gasteiger partial charge in [-0.05, 0) is 26.2 Å². The van der Waals surface area contributed by atoms with Gasteiger partial charge in [0, 0.05) is 11.9 Å². The zero-order valence-electron chi connectivity index (χ0n) is 13.3. The van der Waals surface area contributed by atoms with E-state index in [-0.39, 0.29) is 32.3 Å². The van der Waals surface area contributed by atoms with Crippen LogP contribution in [-0.4, -0.2) is 67.4 Å². The average Bonchev–Trinajstić information content (AvgIpc) is 2.52. The molecule has 23 heavy (non-hydrogen) atoms. The molecule has 3 unspecified atom stereocenters. The number of amides is 1. The van der Waals surface area contributed by atoms with Crippen molar-refractivity contribution < 1.29 is 33.7 Å². The average molecular weight is 398 g/mol. The molecule has 0 bridgehead atoms. The highest BCUT2D eigenvalue weighted by molar-refractivity contribution is 9.09. The predicted molar refractivity (Wildman–Crippen MR) is 85.0 cm³/mol. The lowest BCUT2D eigenvalue weighted by atomic mass is 9.95. The van der Waals surface area contributed by atoms with Crippen molar-refractivity contribution in [1.29, 1.82) is 0 Å². The lowest BCUT2D eigenvalue weighted by molar-refractivity contribution is -0.150. The number of hydrogen-bond donors (Lipinski definition) is 2. The van der Waals surface area contributed by atoms with Gasteiger partial charge in [0.2, 0.25) is 6.41 Å². The summed E-state index contributed by atoms with van der Waals surface area (Å²) in [6.45, 7) is 3.78. The second-order valence-corrected chi connectivity index (χ2v) is 5.21. The van der Waals surface area contributed by atoms with Crippen LogP contribution in [0.3, 0.4) is 0 Å². The van der Waals surface area contributed by atoms with E-state index >= 15 is 0 Å². The van der Waals surface area contributed by atoms with Gasteiger partial charge in [0.25, 0.3) is 0 Å². The molecule has 8 nitrogen and oxygen atoms in total. The van der Waals surface area contributed by atoms with E-state index in [1.807, 2.05) is 0 Å². The molecule has 0 aliphatic heterocycles. The van der Waals surface area contributed by atoms with Crippen LogP contribution in [0.25, 0.3) is 0 Å². The molecule has 134 valence electrons. The van der Waals surface area contributed by atoms with E-state index in [1.54, 1.807) is 13.8 Å². The molecule has 0 spiro atoms. The van der Waals surface area contributed by atoms with Crippen LogP contribution >= 0.6 is 15.9 Å². The molecule has 2 N–H and O–H groups in total. The summed E-state index contributed by atoms with van der Waals surface area (Å²) in [5, 5.41) is 12.9. The van der Waals surface area contributed by atoms with Crippen LogP contribution < -0.4 is 5.32 Å². The summed E-state index contributed by atoms with van der Waals surface area (Å²) in [6, 6.07) is -1.15. The molecule has 0 radical (unpaired) electrons. The van der Waals surface area contributed by atoms with E-state index in [2.05, 4.69) is 21.2 Å². The molecule has 0 rings (SSSR count). The topological polar surface area (TPSA) is 111 Å². The molecule has 0 aliphatic rings. The number of nitrogens with one attached hydrogen (secondary N) is 1. The summed E-state index contributed by atoms with van der Waals surface area (Å²) in [6.07, 6.45) is -0.430. The third-order valence-corrected chi connectivity index (χ3v) is 3.80. The molecular weight excluding hydrogens is 374 g/mol. The fourth-order valence-electron chi connectivity index (χ4n) is 1.82. The fourth-order valence-corrected chi connectivity index (χ4v) is 2.52. The number of aliphatic hydroxyl groups is 1. The minimum absolute atomic E-state index is 0.143. The van der Waals surface area contributed by atoms with Gasteiger partial charge in [0.1, 0.15) is 6.61 Å². The molecule has 0 saturated carbocycles. The number of alkyl halides is 1. The van der Waals surface area contributed by atoms with Crippen molar-refractivity contribution in [2.24, 2.45) is 5.92 Å². The van der Waals surface area contributed by atoms with Gasteiger partial charge in [0.15, 0.2) is 6.04 Å². The Labute approximate surface area is 144 Å². The third kappa shape index (κ3) is 8.87. The first-order valence-corrected chi connectivity index (χ1v) is 8.47. The van der Waals surface area contributed by atoms with Gasteiger partial charge in [-0.15, -0.1) is 0 Å². The summed E-state index contributed by atoms with van der Waals surface area (Å²) in [5.41, 5.74) is 0. The number of rotatable bonds is 13. The van der Waals surface area contributed by atoms with Gasteiger partial charge < -0.3 is 24.6 Å². The second-order valence-electron chi connectivity index (χ2n) is 4.57. The molecule has 9 heteroatoms. The second kappa shape index (κ2) is 13.3. The Morgan fingerprint density at radius 2 is 1.91 bits per heavy atom. The van der Waals surface area contributed by atoms with Crippen LogP contribution in [0.1, 0.15) is 20.3 Å². The van der Waals surface area contributed by atoms with Crippen LogP contribution in [0.15, 0.2) is 0 Å². The van der Waals surface area contributed by atoms with Gasteiger partial charge in [-0.25, -0.2) is 9.59 Å². The highest BCUT2D eigenvalue weighted by Crippen LogP contribution is 2.16. The maximum Gasteiger partial charge on any atom is 0.332 e. The van der Waals surface area contributed by atoms with Crippen molar-refractivity contribution in [2.75, 3.05) is 31.8 Å². The largest absolute Gasteiger partial charge is 0.464 e.